The summed E-state index contributed by atoms with van der Waals surface area (Å²) in [7, 11) is 0. The van der Waals surface area contributed by atoms with Gasteiger partial charge in [0.15, 0.2) is 5.82 Å². The Bertz CT molecular complexity index is 1310. The Hall–Kier alpha value is -4.01. The molecule has 1 aliphatic rings. The number of ether oxygens (including phenoxy) is 1. The zero-order valence-electron chi connectivity index (χ0n) is 22.8. The summed E-state index contributed by atoms with van der Waals surface area (Å²) in [6.45, 7) is 7.96. The number of aromatic nitrogens is 2. The number of anilines is 2. The minimum Gasteiger partial charge on any atom is -0.462 e. The number of hydrogen-bond acceptors (Lipinski definition) is 5. The summed E-state index contributed by atoms with van der Waals surface area (Å²) in [5.74, 6) is -0.559. The van der Waals surface area contributed by atoms with Crippen molar-refractivity contribution in [3.8, 4) is 5.69 Å². The third-order valence-electron chi connectivity index (χ3n) is 7.03. The van der Waals surface area contributed by atoms with Crippen LogP contribution >= 0.6 is 0 Å². The van der Waals surface area contributed by atoms with E-state index in [0.29, 0.717) is 22.9 Å². The Balaban J connectivity index is 1.61. The van der Waals surface area contributed by atoms with E-state index in [2.05, 4.69) is 17.3 Å². The zero-order valence-corrected chi connectivity index (χ0v) is 22.8. The maximum Gasteiger partial charge on any atom is 0.343 e. The molecule has 1 aromatic heterocycles. The van der Waals surface area contributed by atoms with Gasteiger partial charge >= 0.3 is 5.97 Å². The van der Waals surface area contributed by atoms with Crippen LogP contribution in [0, 0.1) is 17.7 Å². The Labute approximate surface area is 228 Å². The molecule has 0 bridgehead atoms. The second-order valence-corrected chi connectivity index (χ2v) is 10.3. The van der Waals surface area contributed by atoms with Crippen LogP contribution in [0.3, 0.4) is 0 Å². The van der Waals surface area contributed by atoms with Crippen molar-refractivity contribution in [1.29, 1.82) is 0 Å². The summed E-state index contributed by atoms with van der Waals surface area (Å²) in [4.78, 5) is 40.7. The molecular formula is C30H35FN4O4. The molecule has 206 valence electrons. The normalized spacial score (nSPS) is 17.1. The third kappa shape index (κ3) is 6.53. The maximum absolute atomic E-state index is 13.7. The molecule has 9 heteroatoms. The molecule has 0 radical (unpaired) electrons. The Kier molecular flexibility index (Phi) is 8.79. The van der Waals surface area contributed by atoms with Gasteiger partial charge in [0.2, 0.25) is 5.91 Å². The number of nitrogens with one attached hydrogen (secondary N) is 1. The molecule has 0 atom stereocenters. The lowest BCUT2D eigenvalue weighted by Gasteiger charge is -2.32. The number of benzene rings is 2. The van der Waals surface area contributed by atoms with Crippen LogP contribution in [0.15, 0.2) is 54.7 Å². The lowest BCUT2D eigenvalue weighted by molar-refractivity contribution is -0.124. The van der Waals surface area contributed by atoms with Crippen molar-refractivity contribution in [1.82, 2.24) is 9.78 Å². The molecule has 1 heterocycles. The van der Waals surface area contributed by atoms with E-state index in [1.165, 1.54) is 24.3 Å². The van der Waals surface area contributed by atoms with E-state index in [4.69, 9.17) is 4.74 Å². The Morgan fingerprint density at radius 2 is 1.69 bits per heavy atom. The summed E-state index contributed by atoms with van der Waals surface area (Å²) < 4.78 is 20.0. The first-order chi connectivity index (χ1) is 18.7. The van der Waals surface area contributed by atoms with Crippen molar-refractivity contribution in [2.45, 2.75) is 59.4 Å². The van der Waals surface area contributed by atoms with E-state index in [0.717, 1.165) is 25.7 Å². The minimum absolute atomic E-state index is 0.0217. The van der Waals surface area contributed by atoms with Crippen LogP contribution in [0.2, 0.25) is 0 Å². The number of esters is 1. The SMILES string of the molecule is CCOC(=O)c1cn(-c2ccc(NC(=O)c3ccc(F)cc3)cc2)nc1N(C(=O)C1CCC(C)CC1)C(C)C. The van der Waals surface area contributed by atoms with Gasteiger partial charge in [-0.2, -0.15) is 0 Å². The highest BCUT2D eigenvalue weighted by Gasteiger charge is 2.34. The Morgan fingerprint density at radius 1 is 1.05 bits per heavy atom. The van der Waals surface area contributed by atoms with Gasteiger partial charge in [0.25, 0.3) is 5.91 Å². The predicted molar refractivity (Wildman–Crippen MR) is 148 cm³/mol. The number of halogens is 1. The first kappa shape index (κ1) is 28.0. The number of carbonyl (C=O) groups excluding carboxylic acids is 3. The van der Waals surface area contributed by atoms with Gasteiger partial charge in [0.1, 0.15) is 11.4 Å². The van der Waals surface area contributed by atoms with E-state index >= 15 is 0 Å². The van der Waals surface area contributed by atoms with Crippen LogP contribution < -0.4 is 10.2 Å². The first-order valence-electron chi connectivity index (χ1n) is 13.4. The van der Waals surface area contributed by atoms with Gasteiger partial charge in [-0.1, -0.05) is 6.92 Å². The van der Waals surface area contributed by atoms with Crippen LogP contribution in [0.25, 0.3) is 5.69 Å². The van der Waals surface area contributed by atoms with E-state index in [9.17, 15) is 18.8 Å². The van der Waals surface area contributed by atoms with Crippen LogP contribution in [0.5, 0.6) is 0 Å². The van der Waals surface area contributed by atoms with Crippen molar-refractivity contribution in [2.24, 2.45) is 11.8 Å². The molecule has 8 nitrogen and oxygen atoms in total. The fraction of sp³-hybridized carbons (Fsp3) is 0.400. The minimum atomic E-state index is -0.544. The highest BCUT2D eigenvalue weighted by Crippen LogP contribution is 2.33. The molecule has 0 saturated heterocycles. The second-order valence-electron chi connectivity index (χ2n) is 10.3. The molecule has 39 heavy (non-hydrogen) atoms. The quantitative estimate of drug-likeness (QED) is 0.357. The molecule has 0 spiro atoms. The fourth-order valence-electron chi connectivity index (χ4n) is 4.84. The summed E-state index contributed by atoms with van der Waals surface area (Å²) in [5.41, 5.74) is 1.73. The van der Waals surface area contributed by atoms with Gasteiger partial charge in [-0.15, -0.1) is 5.10 Å². The van der Waals surface area contributed by atoms with Crippen molar-refractivity contribution in [3.05, 3.63) is 71.7 Å². The molecule has 0 unspecified atom stereocenters. The van der Waals surface area contributed by atoms with E-state index in [-0.39, 0.29) is 41.8 Å². The smallest absolute Gasteiger partial charge is 0.343 e. The van der Waals surface area contributed by atoms with Gasteiger partial charge in [-0.05, 0) is 101 Å². The monoisotopic (exact) mass is 534 g/mol. The average molecular weight is 535 g/mol. The third-order valence-corrected chi connectivity index (χ3v) is 7.03. The largest absolute Gasteiger partial charge is 0.462 e. The topological polar surface area (TPSA) is 93.5 Å². The number of hydrogen-bond donors (Lipinski definition) is 1. The number of nitrogens with zero attached hydrogens (tertiary/aromatic N) is 3. The molecule has 1 saturated carbocycles. The van der Waals surface area contributed by atoms with Gasteiger partial charge < -0.3 is 10.1 Å². The number of amides is 2. The number of rotatable bonds is 8. The Morgan fingerprint density at radius 3 is 2.28 bits per heavy atom. The summed E-state index contributed by atoms with van der Waals surface area (Å²) in [6.07, 6.45) is 5.23. The summed E-state index contributed by atoms with van der Waals surface area (Å²) in [6, 6.07) is 12.0. The van der Waals surface area contributed by atoms with Gasteiger partial charge in [0, 0.05) is 29.4 Å². The van der Waals surface area contributed by atoms with E-state index < -0.39 is 11.8 Å². The molecule has 2 aromatic carbocycles. The lowest BCUT2D eigenvalue weighted by atomic mass is 9.82. The van der Waals surface area contributed by atoms with Crippen LogP contribution in [-0.4, -0.2) is 40.2 Å². The summed E-state index contributed by atoms with van der Waals surface area (Å²) in [5, 5.41) is 7.46. The molecule has 3 aromatic rings. The lowest BCUT2D eigenvalue weighted by Crippen LogP contribution is -2.43. The van der Waals surface area contributed by atoms with Gasteiger partial charge in [-0.3, -0.25) is 14.5 Å². The van der Waals surface area contributed by atoms with Crippen LogP contribution in [-0.2, 0) is 9.53 Å². The van der Waals surface area contributed by atoms with Gasteiger partial charge in [-0.25, -0.2) is 13.9 Å². The predicted octanol–water partition coefficient (Wildman–Crippen LogP) is 6.01. The van der Waals surface area contributed by atoms with Crippen molar-refractivity contribution in [3.63, 3.8) is 0 Å². The first-order valence-corrected chi connectivity index (χ1v) is 13.4. The van der Waals surface area contributed by atoms with Crippen molar-refractivity contribution < 1.29 is 23.5 Å². The zero-order chi connectivity index (χ0) is 28.1. The molecule has 4 rings (SSSR count). The van der Waals surface area contributed by atoms with Crippen molar-refractivity contribution >= 4 is 29.3 Å². The molecule has 1 aliphatic carbocycles. The number of carbonyl (C=O) groups is 3. The standard InChI is InChI=1S/C30H35FN4O4/c1-5-39-30(38)26-18-34(33-27(26)35(19(2)3)29(37)22-8-6-20(4)7-9-22)25-16-14-24(15-17-25)32-28(36)21-10-12-23(31)13-11-21/h10-20,22H,5-9H2,1-4H3,(H,32,36). The van der Waals surface area contributed by atoms with Crippen LogP contribution in [0.1, 0.15) is 74.1 Å². The summed E-state index contributed by atoms with van der Waals surface area (Å²) >= 11 is 0. The molecule has 2 amide bonds. The fourth-order valence-corrected chi connectivity index (χ4v) is 4.84. The molecule has 1 N–H and O–H groups in total. The van der Waals surface area contributed by atoms with E-state index in [1.807, 2.05) is 13.8 Å². The highest BCUT2D eigenvalue weighted by molar-refractivity contribution is 6.04. The van der Waals surface area contributed by atoms with Crippen molar-refractivity contribution in [2.75, 3.05) is 16.8 Å². The average Bonchev–Trinajstić information content (AvgIpc) is 3.34. The highest BCUT2D eigenvalue weighted by atomic mass is 19.1. The molecule has 1 fully saturated rings. The molecule has 0 aliphatic heterocycles. The van der Waals surface area contributed by atoms with Crippen LogP contribution in [0.4, 0.5) is 15.9 Å². The van der Waals surface area contributed by atoms with Gasteiger partial charge in [0.05, 0.1) is 12.3 Å². The second kappa shape index (κ2) is 12.2. The molecular weight excluding hydrogens is 499 g/mol. The van der Waals surface area contributed by atoms with E-state index in [1.54, 1.807) is 47.0 Å². The maximum atomic E-state index is 13.7.